The maximum Gasteiger partial charge on any atom is 0.236 e. The highest BCUT2D eigenvalue weighted by atomic mass is 16.5. The van der Waals surface area contributed by atoms with Crippen molar-refractivity contribution < 1.29 is 28.7 Å². The number of carbonyl (C=O) groups excluding carboxylic acids is 5. The smallest absolute Gasteiger partial charge is 0.236 e. The third-order valence-electron chi connectivity index (χ3n) is 5.64. The summed E-state index contributed by atoms with van der Waals surface area (Å²) in [5.74, 6) is -0.510. The molecule has 0 aromatic heterocycles. The number of ether oxygens (including phenoxy) is 1. The van der Waals surface area contributed by atoms with E-state index in [1.807, 2.05) is 13.8 Å². The second-order valence-electron chi connectivity index (χ2n) is 9.58. The fraction of sp³-hybridized carbons (Fsp3) is 0.593. The van der Waals surface area contributed by atoms with Crippen LogP contribution in [0.2, 0.25) is 0 Å². The molecule has 0 saturated carbocycles. The van der Waals surface area contributed by atoms with Crippen molar-refractivity contribution in [2.24, 2.45) is 5.92 Å². The highest BCUT2D eigenvalue weighted by Crippen LogP contribution is 2.16. The number of anilines is 1. The molecule has 9 heteroatoms. The van der Waals surface area contributed by atoms with Gasteiger partial charge in [-0.05, 0) is 37.0 Å². The Balaban J connectivity index is 2.35. The van der Waals surface area contributed by atoms with Crippen molar-refractivity contribution in [3.8, 4) is 0 Å². The lowest BCUT2D eigenvalue weighted by Crippen LogP contribution is -2.36. The van der Waals surface area contributed by atoms with Crippen molar-refractivity contribution >= 4 is 35.0 Å². The van der Waals surface area contributed by atoms with Crippen LogP contribution in [0.3, 0.4) is 0 Å². The van der Waals surface area contributed by atoms with E-state index < -0.39 is 0 Å². The Morgan fingerprint density at radius 3 is 2.00 bits per heavy atom. The number of ketones is 2. The second kappa shape index (κ2) is 15.8. The first-order valence-electron chi connectivity index (χ1n) is 12.3. The molecule has 200 valence electrons. The number of benzene rings is 1. The van der Waals surface area contributed by atoms with Crippen molar-refractivity contribution in [3.05, 3.63) is 29.8 Å². The van der Waals surface area contributed by atoms with Crippen LogP contribution >= 0.6 is 0 Å². The van der Waals surface area contributed by atoms with E-state index in [2.05, 4.69) is 0 Å². The van der Waals surface area contributed by atoms with E-state index in [-0.39, 0.29) is 48.6 Å². The fourth-order valence-electron chi connectivity index (χ4n) is 3.39. The molecule has 0 fully saturated rings. The van der Waals surface area contributed by atoms with Crippen molar-refractivity contribution in [3.63, 3.8) is 0 Å². The van der Waals surface area contributed by atoms with Gasteiger partial charge in [0, 0.05) is 59.4 Å². The molecule has 0 aliphatic heterocycles. The summed E-state index contributed by atoms with van der Waals surface area (Å²) in [6.07, 6.45) is 1.06. The van der Waals surface area contributed by atoms with Gasteiger partial charge in [-0.3, -0.25) is 24.0 Å². The van der Waals surface area contributed by atoms with Gasteiger partial charge in [0.05, 0.1) is 13.0 Å². The van der Waals surface area contributed by atoms with Crippen molar-refractivity contribution in [2.75, 3.05) is 52.3 Å². The minimum Gasteiger partial charge on any atom is -0.380 e. The topological polar surface area (TPSA) is 104 Å². The Labute approximate surface area is 214 Å². The lowest BCUT2D eigenvalue weighted by atomic mass is 10.1. The van der Waals surface area contributed by atoms with Crippen LogP contribution in [0.1, 0.15) is 52.0 Å². The standard InChI is InChI=1S/C27H41N3O6/c1-20(2)16-25(33)28(4)12-7-14-36-15-13-29(5)26(34)19-27(35)30(6)23-10-8-22(9-11-23)18-24(32)17-21(3)31/h8-11,20H,7,12-19H2,1-6H3. The summed E-state index contributed by atoms with van der Waals surface area (Å²) in [5, 5.41) is 0. The molecule has 0 bridgehead atoms. The zero-order valence-corrected chi connectivity index (χ0v) is 22.5. The molecule has 3 amide bonds. The quantitative estimate of drug-likeness (QED) is 0.254. The molecular formula is C27H41N3O6. The molecule has 0 spiro atoms. The molecule has 1 rings (SSSR count). The molecule has 1 aromatic carbocycles. The van der Waals surface area contributed by atoms with Crippen molar-refractivity contribution in [2.45, 2.75) is 52.9 Å². The van der Waals surface area contributed by atoms with Gasteiger partial charge in [0.2, 0.25) is 17.7 Å². The van der Waals surface area contributed by atoms with Gasteiger partial charge in [0.15, 0.2) is 0 Å². The van der Waals surface area contributed by atoms with Crippen LogP contribution in [0.15, 0.2) is 24.3 Å². The normalized spacial score (nSPS) is 10.8. The predicted octanol–water partition coefficient (Wildman–Crippen LogP) is 2.50. The minimum atomic E-state index is -0.345. The summed E-state index contributed by atoms with van der Waals surface area (Å²) < 4.78 is 5.58. The van der Waals surface area contributed by atoms with E-state index in [4.69, 9.17) is 4.74 Å². The molecule has 0 radical (unpaired) electrons. The van der Waals surface area contributed by atoms with Crippen molar-refractivity contribution in [1.82, 2.24) is 9.80 Å². The first-order chi connectivity index (χ1) is 16.9. The summed E-state index contributed by atoms with van der Waals surface area (Å²) in [7, 11) is 5.01. The number of hydrogen-bond donors (Lipinski definition) is 0. The van der Waals surface area contributed by atoms with Crippen LogP contribution in [0, 0.1) is 5.92 Å². The molecule has 1 aromatic rings. The summed E-state index contributed by atoms with van der Waals surface area (Å²) in [6.45, 7) is 7.23. The van der Waals surface area contributed by atoms with Gasteiger partial charge >= 0.3 is 0 Å². The molecule has 36 heavy (non-hydrogen) atoms. The molecule has 0 aliphatic carbocycles. The van der Waals surface area contributed by atoms with E-state index in [0.717, 1.165) is 5.56 Å². The van der Waals surface area contributed by atoms with Gasteiger partial charge in [0.1, 0.15) is 18.0 Å². The zero-order valence-electron chi connectivity index (χ0n) is 22.5. The van der Waals surface area contributed by atoms with Gasteiger partial charge in [0.25, 0.3) is 0 Å². The van der Waals surface area contributed by atoms with E-state index in [1.54, 1.807) is 50.3 Å². The van der Waals surface area contributed by atoms with E-state index in [1.165, 1.54) is 16.7 Å². The monoisotopic (exact) mass is 503 g/mol. The van der Waals surface area contributed by atoms with Crippen LogP contribution in [0.4, 0.5) is 5.69 Å². The van der Waals surface area contributed by atoms with Crippen molar-refractivity contribution in [1.29, 1.82) is 0 Å². The molecule has 9 nitrogen and oxygen atoms in total. The van der Waals surface area contributed by atoms with Gasteiger partial charge in [-0.25, -0.2) is 0 Å². The first-order valence-corrected chi connectivity index (χ1v) is 12.3. The predicted molar refractivity (Wildman–Crippen MR) is 139 cm³/mol. The Hall–Kier alpha value is -3.07. The number of hydrogen-bond acceptors (Lipinski definition) is 6. The number of Topliss-reactive ketones (excluding diaryl/α,β-unsaturated/α-hetero) is 2. The number of likely N-dealkylation sites (N-methyl/N-ethyl adjacent to an activating group) is 1. The SMILES string of the molecule is CC(=O)CC(=O)Cc1ccc(N(C)C(=O)CC(=O)N(C)CCOCCCN(C)C(=O)CC(C)C)cc1. The average Bonchev–Trinajstić information content (AvgIpc) is 2.79. The van der Waals surface area contributed by atoms with Crippen LogP contribution < -0.4 is 4.90 Å². The highest BCUT2D eigenvalue weighted by Gasteiger charge is 2.18. The number of amides is 3. The molecule has 0 unspecified atom stereocenters. The van der Waals surface area contributed by atoms with Crippen LogP contribution in [-0.4, -0.2) is 86.5 Å². The number of rotatable bonds is 16. The van der Waals surface area contributed by atoms with Gasteiger partial charge in [-0.2, -0.15) is 0 Å². The minimum absolute atomic E-state index is 0.0857. The van der Waals surface area contributed by atoms with Crippen LogP contribution in [0.25, 0.3) is 0 Å². The largest absolute Gasteiger partial charge is 0.380 e. The summed E-state index contributed by atoms with van der Waals surface area (Å²) >= 11 is 0. The summed E-state index contributed by atoms with van der Waals surface area (Å²) in [6, 6.07) is 6.90. The maximum absolute atomic E-state index is 12.6. The summed E-state index contributed by atoms with van der Waals surface area (Å²) in [4.78, 5) is 64.4. The third kappa shape index (κ3) is 12.1. The van der Waals surface area contributed by atoms with E-state index in [9.17, 15) is 24.0 Å². The zero-order chi connectivity index (χ0) is 27.3. The molecule has 0 saturated heterocycles. The summed E-state index contributed by atoms with van der Waals surface area (Å²) in [5.41, 5.74) is 1.37. The Morgan fingerprint density at radius 2 is 1.42 bits per heavy atom. The lowest BCUT2D eigenvalue weighted by Gasteiger charge is -2.21. The molecule has 0 N–H and O–H groups in total. The van der Waals surface area contributed by atoms with E-state index >= 15 is 0 Å². The van der Waals surface area contributed by atoms with Crippen LogP contribution in [-0.2, 0) is 35.1 Å². The van der Waals surface area contributed by atoms with Gasteiger partial charge in [-0.1, -0.05) is 26.0 Å². The number of nitrogens with zero attached hydrogens (tertiary/aromatic N) is 3. The second-order valence-corrected chi connectivity index (χ2v) is 9.58. The maximum atomic E-state index is 12.6. The van der Waals surface area contributed by atoms with Gasteiger partial charge < -0.3 is 19.4 Å². The Kier molecular flexibility index (Phi) is 13.6. The molecule has 0 atom stereocenters. The molecular weight excluding hydrogens is 462 g/mol. The third-order valence-corrected chi connectivity index (χ3v) is 5.64. The number of carbonyl (C=O) groups is 5. The Bertz CT molecular complexity index is 897. The Morgan fingerprint density at radius 1 is 0.806 bits per heavy atom. The molecule has 0 heterocycles. The first kappa shape index (κ1) is 31.0. The average molecular weight is 504 g/mol. The van der Waals surface area contributed by atoms with Crippen LogP contribution in [0.5, 0.6) is 0 Å². The van der Waals surface area contributed by atoms with E-state index in [0.29, 0.717) is 50.8 Å². The molecule has 0 aliphatic rings. The highest BCUT2D eigenvalue weighted by molar-refractivity contribution is 6.04. The fourth-order valence-corrected chi connectivity index (χ4v) is 3.39. The lowest BCUT2D eigenvalue weighted by molar-refractivity contribution is -0.135. The van der Waals surface area contributed by atoms with Gasteiger partial charge in [-0.15, -0.1) is 0 Å².